The first-order valence-electron chi connectivity index (χ1n) is 8.18. The second-order valence-electron chi connectivity index (χ2n) is 5.58. The van der Waals surface area contributed by atoms with Crippen LogP contribution in [0.1, 0.15) is 5.56 Å². The zero-order valence-electron chi connectivity index (χ0n) is 14.2. The minimum Gasteiger partial charge on any atom is -0.486 e. The van der Waals surface area contributed by atoms with Crippen LogP contribution >= 0.6 is 0 Å². The largest absolute Gasteiger partial charge is 0.486 e. The fourth-order valence-electron chi connectivity index (χ4n) is 2.61. The summed E-state index contributed by atoms with van der Waals surface area (Å²) in [4.78, 5) is 14.1. The summed E-state index contributed by atoms with van der Waals surface area (Å²) < 4.78 is 16.2. The second-order valence-corrected chi connectivity index (χ2v) is 5.58. The van der Waals surface area contributed by atoms with Gasteiger partial charge in [-0.15, -0.1) is 0 Å². The van der Waals surface area contributed by atoms with Crippen molar-refractivity contribution in [2.45, 2.75) is 0 Å². The molecule has 1 aliphatic rings. The van der Waals surface area contributed by atoms with Crippen LogP contribution < -0.4 is 14.4 Å². The molecule has 1 amide bonds. The normalized spacial score (nSPS) is 13.0. The summed E-state index contributed by atoms with van der Waals surface area (Å²) in [5.41, 5.74) is 1.84. The maximum atomic E-state index is 12.4. The highest BCUT2D eigenvalue weighted by atomic mass is 16.6. The lowest BCUT2D eigenvalue weighted by Crippen LogP contribution is -2.34. The second kappa shape index (κ2) is 8.35. The third-order valence-electron chi connectivity index (χ3n) is 3.80. The van der Waals surface area contributed by atoms with Crippen LogP contribution in [0.4, 0.5) is 5.69 Å². The molecule has 0 aromatic heterocycles. The summed E-state index contributed by atoms with van der Waals surface area (Å²) in [6, 6.07) is 15.5. The molecule has 0 spiro atoms. The predicted octanol–water partition coefficient (Wildman–Crippen LogP) is 3.15. The maximum Gasteiger partial charge on any atom is 0.253 e. The van der Waals surface area contributed by atoms with E-state index in [2.05, 4.69) is 0 Å². The highest BCUT2D eigenvalue weighted by Crippen LogP contribution is 2.34. The number of fused-ring (bicyclic) bond motifs is 1. The van der Waals surface area contributed by atoms with Crippen LogP contribution in [0.25, 0.3) is 6.08 Å². The van der Waals surface area contributed by atoms with Crippen molar-refractivity contribution in [2.75, 3.05) is 38.4 Å². The minimum absolute atomic E-state index is 0.0214. The molecule has 1 heterocycles. The van der Waals surface area contributed by atoms with E-state index < -0.39 is 0 Å². The zero-order valence-corrected chi connectivity index (χ0v) is 14.2. The molecule has 5 heteroatoms. The number of nitrogens with zero attached hydrogens (tertiary/aromatic N) is 1. The van der Waals surface area contributed by atoms with Crippen molar-refractivity contribution in [3.05, 3.63) is 60.2 Å². The lowest BCUT2D eigenvalue weighted by molar-refractivity contribution is -0.122. The summed E-state index contributed by atoms with van der Waals surface area (Å²) in [6.45, 7) is 1.51. The summed E-state index contributed by atoms with van der Waals surface area (Å²) >= 11 is 0. The fraction of sp³-hybridized carbons (Fsp3) is 0.250. The monoisotopic (exact) mass is 339 g/mol. The minimum atomic E-state index is -0.114. The highest BCUT2D eigenvalue weighted by Gasteiger charge is 2.18. The number of anilines is 1. The van der Waals surface area contributed by atoms with Crippen molar-refractivity contribution in [3.63, 3.8) is 0 Å². The summed E-state index contributed by atoms with van der Waals surface area (Å²) in [5.74, 6) is 1.25. The van der Waals surface area contributed by atoms with Crippen molar-refractivity contribution in [1.82, 2.24) is 0 Å². The van der Waals surface area contributed by atoms with E-state index in [0.29, 0.717) is 31.3 Å². The predicted molar refractivity (Wildman–Crippen MR) is 97.1 cm³/mol. The molecule has 25 heavy (non-hydrogen) atoms. The first kappa shape index (κ1) is 17.0. The number of hydrogen-bond donors (Lipinski definition) is 0. The molecular weight excluding hydrogens is 318 g/mol. The van der Waals surface area contributed by atoms with Crippen LogP contribution in [0.3, 0.4) is 0 Å². The van der Waals surface area contributed by atoms with Crippen LogP contribution in [0.2, 0.25) is 0 Å². The quantitative estimate of drug-likeness (QED) is 0.811. The van der Waals surface area contributed by atoms with Crippen molar-refractivity contribution in [3.8, 4) is 11.5 Å². The Bertz CT molecular complexity index is 743. The van der Waals surface area contributed by atoms with Crippen molar-refractivity contribution in [1.29, 1.82) is 0 Å². The van der Waals surface area contributed by atoms with Crippen LogP contribution in [-0.2, 0) is 9.53 Å². The molecule has 130 valence electrons. The van der Waals surface area contributed by atoms with E-state index in [1.54, 1.807) is 4.90 Å². The zero-order chi connectivity index (χ0) is 17.5. The SMILES string of the molecule is COCC(=O)N(C/C=C/c1ccccc1)c1ccc2c(c1)OCCO2. The molecule has 0 atom stereocenters. The Balaban J connectivity index is 1.79. The Kier molecular flexibility index (Phi) is 5.69. The van der Waals surface area contributed by atoms with E-state index in [9.17, 15) is 4.79 Å². The molecule has 3 rings (SSSR count). The highest BCUT2D eigenvalue weighted by molar-refractivity contribution is 5.95. The molecule has 0 bridgehead atoms. The van der Waals surface area contributed by atoms with Gasteiger partial charge >= 0.3 is 0 Å². The van der Waals surface area contributed by atoms with Gasteiger partial charge in [-0.1, -0.05) is 42.5 Å². The van der Waals surface area contributed by atoms with Gasteiger partial charge < -0.3 is 19.1 Å². The summed E-state index contributed by atoms with van der Waals surface area (Å²) in [5, 5.41) is 0. The van der Waals surface area contributed by atoms with Crippen LogP contribution in [0.5, 0.6) is 11.5 Å². The number of hydrogen-bond acceptors (Lipinski definition) is 4. The average Bonchev–Trinajstić information content (AvgIpc) is 2.66. The molecule has 5 nitrogen and oxygen atoms in total. The van der Waals surface area contributed by atoms with Gasteiger partial charge in [-0.05, 0) is 17.7 Å². The smallest absolute Gasteiger partial charge is 0.253 e. The summed E-state index contributed by atoms with van der Waals surface area (Å²) in [7, 11) is 1.51. The Morgan fingerprint density at radius 3 is 2.64 bits per heavy atom. The van der Waals surface area contributed by atoms with Crippen molar-refractivity contribution in [2.24, 2.45) is 0 Å². The van der Waals surface area contributed by atoms with E-state index in [0.717, 1.165) is 11.3 Å². The first-order valence-corrected chi connectivity index (χ1v) is 8.18. The fourth-order valence-corrected chi connectivity index (χ4v) is 2.61. The van der Waals surface area contributed by atoms with E-state index in [4.69, 9.17) is 14.2 Å². The van der Waals surface area contributed by atoms with Crippen LogP contribution in [-0.4, -0.2) is 39.4 Å². The van der Waals surface area contributed by atoms with Gasteiger partial charge in [-0.25, -0.2) is 0 Å². The first-order chi connectivity index (χ1) is 12.3. The van der Waals surface area contributed by atoms with Gasteiger partial charge in [0.25, 0.3) is 5.91 Å². The number of rotatable bonds is 6. The standard InChI is InChI=1S/C20H21NO4/c1-23-15-20(22)21(11-5-8-16-6-3-2-4-7-16)17-9-10-18-19(14-17)25-13-12-24-18/h2-10,14H,11-13,15H2,1H3/b8-5+. The van der Waals surface area contributed by atoms with Crippen molar-refractivity contribution < 1.29 is 19.0 Å². The van der Waals surface area contributed by atoms with E-state index in [1.165, 1.54) is 7.11 Å². The topological polar surface area (TPSA) is 48.0 Å². The molecule has 2 aromatic rings. The van der Waals surface area contributed by atoms with Crippen LogP contribution in [0.15, 0.2) is 54.6 Å². The number of carbonyl (C=O) groups is 1. The number of carbonyl (C=O) groups excluding carboxylic acids is 1. The van der Waals surface area contributed by atoms with Gasteiger partial charge in [0, 0.05) is 25.4 Å². The molecule has 0 saturated carbocycles. The molecule has 1 aliphatic heterocycles. The molecule has 2 aromatic carbocycles. The third-order valence-corrected chi connectivity index (χ3v) is 3.80. The maximum absolute atomic E-state index is 12.4. The number of methoxy groups -OCH3 is 1. The van der Waals surface area contributed by atoms with E-state index in [-0.39, 0.29) is 12.5 Å². The van der Waals surface area contributed by atoms with E-state index >= 15 is 0 Å². The van der Waals surface area contributed by atoms with Gasteiger partial charge in [0.15, 0.2) is 11.5 Å². The lowest BCUT2D eigenvalue weighted by Gasteiger charge is -2.24. The lowest BCUT2D eigenvalue weighted by atomic mass is 10.2. The van der Waals surface area contributed by atoms with Gasteiger partial charge in [-0.2, -0.15) is 0 Å². The third kappa shape index (κ3) is 4.39. The average molecular weight is 339 g/mol. The van der Waals surface area contributed by atoms with Gasteiger partial charge in [0.2, 0.25) is 0 Å². The molecule has 0 N–H and O–H groups in total. The van der Waals surface area contributed by atoms with Gasteiger partial charge in [-0.3, -0.25) is 4.79 Å². The molecule has 0 aliphatic carbocycles. The Morgan fingerprint density at radius 1 is 1.12 bits per heavy atom. The van der Waals surface area contributed by atoms with Gasteiger partial charge in [0.05, 0.1) is 0 Å². The van der Waals surface area contributed by atoms with Gasteiger partial charge in [0.1, 0.15) is 19.8 Å². The van der Waals surface area contributed by atoms with Crippen LogP contribution in [0, 0.1) is 0 Å². The number of benzene rings is 2. The van der Waals surface area contributed by atoms with Crippen molar-refractivity contribution >= 4 is 17.7 Å². The number of amides is 1. The molecular formula is C20H21NO4. The molecule has 0 fully saturated rings. The summed E-state index contributed by atoms with van der Waals surface area (Å²) in [6.07, 6.45) is 3.95. The Morgan fingerprint density at radius 2 is 1.88 bits per heavy atom. The van der Waals surface area contributed by atoms with E-state index in [1.807, 2.05) is 60.7 Å². The number of ether oxygens (including phenoxy) is 3. The Labute approximate surface area is 147 Å². The molecule has 0 radical (unpaired) electrons. The Hall–Kier alpha value is -2.79. The molecule has 0 unspecified atom stereocenters. The molecule has 0 saturated heterocycles.